The molecule has 3 heterocycles. The number of carbonyl (C=O) groups is 2. The highest BCUT2D eigenvalue weighted by Crippen LogP contribution is 2.47. The Hall–Kier alpha value is -4.21. The van der Waals surface area contributed by atoms with Crippen molar-refractivity contribution < 1.29 is 37.5 Å². The molecule has 2 aliphatic heterocycles. The Morgan fingerprint density at radius 3 is 2.70 bits per heavy atom. The van der Waals surface area contributed by atoms with Crippen LogP contribution in [0.1, 0.15) is 73.4 Å². The fraction of sp³-hybridized carbons (Fsp3) is 0.543. The molecule has 61 heavy (non-hydrogen) atoms. The van der Waals surface area contributed by atoms with Gasteiger partial charge in [-0.2, -0.15) is 0 Å². The van der Waals surface area contributed by atoms with Gasteiger partial charge in [0.25, 0.3) is 11.8 Å². The van der Waals surface area contributed by atoms with Gasteiger partial charge < -0.3 is 28.6 Å². The van der Waals surface area contributed by atoms with Crippen LogP contribution in [0.2, 0.25) is 5.02 Å². The van der Waals surface area contributed by atoms with E-state index in [1.165, 1.54) is 11.1 Å². The molecule has 15 heteroatoms. The number of nitrogens with one attached hydrogen (secondary N) is 1. The first-order valence-electron chi connectivity index (χ1n) is 21.6. The highest BCUT2D eigenvalue weighted by Gasteiger charge is 2.44. The first kappa shape index (κ1) is 44.8. The number of fused-ring (bicyclic) bond motifs is 3. The molecule has 3 aromatic rings. The molecule has 1 unspecified atom stereocenters. The van der Waals surface area contributed by atoms with Gasteiger partial charge in [0.2, 0.25) is 5.88 Å². The molecule has 2 amide bonds. The fourth-order valence-electron chi connectivity index (χ4n) is 9.30. The van der Waals surface area contributed by atoms with Crippen molar-refractivity contribution in [1.82, 2.24) is 14.5 Å². The van der Waals surface area contributed by atoms with Gasteiger partial charge >= 0.3 is 0 Å². The lowest BCUT2D eigenvalue weighted by atomic mass is 9.68. The molecule has 7 rings (SSSR count). The van der Waals surface area contributed by atoms with Gasteiger partial charge in [-0.05, 0) is 112 Å². The predicted molar refractivity (Wildman–Crippen MR) is 237 cm³/mol. The Bertz CT molecular complexity index is 2170. The summed E-state index contributed by atoms with van der Waals surface area (Å²) in [5, 5.41) is 5.11. The van der Waals surface area contributed by atoms with Crippen LogP contribution < -0.4 is 19.1 Å². The Kier molecular flexibility index (Phi) is 14.9. The minimum Gasteiger partial charge on any atom is -0.490 e. The highest BCUT2D eigenvalue weighted by atomic mass is 35.5. The predicted octanol–water partition coefficient (Wildman–Crippen LogP) is 7.36. The number of ether oxygens (including phenoxy) is 5. The lowest BCUT2D eigenvalue weighted by molar-refractivity contribution is -0.128. The maximum absolute atomic E-state index is 14.9. The Labute approximate surface area is 365 Å². The van der Waals surface area contributed by atoms with E-state index in [9.17, 15) is 13.8 Å². The largest absolute Gasteiger partial charge is 0.490 e. The van der Waals surface area contributed by atoms with Crippen molar-refractivity contribution in [3.05, 3.63) is 95.7 Å². The number of aryl methyl sites for hydroxylation is 2. The number of methoxy groups -OCH3 is 1. The number of nitrogens with zero attached hydrogens (tertiary/aromatic N) is 4. The molecule has 0 bridgehead atoms. The van der Waals surface area contributed by atoms with E-state index in [1.807, 2.05) is 31.3 Å². The number of benzene rings is 2. The van der Waals surface area contributed by atoms with Crippen LogP contribution in [0.4, 0.5) is 5.69 Å². The number of amides is 2. The number of hydrogen-bond acceptors (Lipinski definition) is 10. The van der Waals surface area contributed by atoms with Crippen LogP contribution in [0, 0.1) is 17.8 Å². The average molecular weight is 879 g/mol. The van der Waals surface area contributed by atoms with E-state index >= 15 is 0 Å². The third kappa shape index (κ3) is 10.9. The molecule has 4 aliphatic rings. The summed E-state index contributed by atoms with van der Waals surface area (Å²) in [6, 6.07) is 13.2. The Morgan fingerprint density at radius 1 is 1.15 bits per heavy atom. The van der Waals surface area contributed by atoms with Crippen LogP contribution >= 0.6 is 11.6 Å². The van der Waals surface area contributed by atoms with E-state index < -0.39 is 27.6 Å². The minimum atomic E-state index is -3.71. The highest BCUT2D eigenvalue weighted by molar-refractivity contribution is 7.92. The molecule has 330 valence electrons. The van der Waals surface area contributed by atoms with E-state index in [4.69, 9.17) is 35.3 Å². The third-order valence-corrected chi connectivity index (χ3v) is 14.8. The van der Waals surface area contributed by atoms with E-state index in [-0.39, 0.29) is 42.2 Å². The van der Waals surface area contributed by atoms with Crippen molar-refractivity contribution in [1.29, 1.82) is 0 Å². The van der Waals surface area contributed by atoms with Gasteiger partial charge in [-0.15, -0.1) is 22.6 Å². The van der Waals surface area contributed by atoms with Crippen LogP contribution in [0.3, 0.4) is 0 Å². The molecule has 1 spiro atoms. The SMILES string of the molecule is C=CC[C@H](COc1ccn(CC)n1)CS(=O)(=NC(=O)c1ccc2c(c1)N(C[C@@H]1CC[C@H]1[C@H](C=C)OC)C[C@@]1(CCCc3cc(Cl)ccc31)CO2)NC(=O)COC1CCOCC1. The van der Waals surface area contributed by atoms with Crippen LogP contribution in [0.5, 0.6) is 11.6 Å². The Morgan fingerprint density at radius 2 is 1.98 bits per heavy atom. The zero-order valence-electron chi connectivity index (χ0n) is 35.4. The van der Waals surface area contributed by atoms with Gasteiger partial charge in [-0.3, -0.25) is 19.0 Å². The average Bonchev–Trinajstić information content (AvgIpc) is 3.66. The Balaban J connectivity index is 1.20. The standard InChI is InChI=1S/C46H60ClN5O8S/c1-5-9-32(27-59-44-17-21-52(7-3)48-44)29-61(55,49-43(53)28-58-37-18-22-57-23-19-37)50-45(54)34-12-16-42-40(25-34)51(26-35-11-14-38(35)41(6-2)56-4)30-46(31-60-42)20-8-10-33-24-36(47)13-15-39(33)46/h5-6,12-13,15-17,21,24-25,32,35,37-38,41H,1-2,7-11,14,18-20,22-23,26-31H2,3-4H3,(H,49,50,53,54,55)/t32-,35+,38-,41+,46+,61?/m1/s1. The van der Waals surface area contributed by atoms with Gasteiger partial charge in [0, 0.05) is 74.1 Å². The molecule has 1 N–H and O–H groups in total. The quantitative estimate of drug-likeness (QED) is 0.129. The molecular weight excluding hydrogens is 818 g/mol. The molecule has 2 aliphatic carbocycles. The fourth-order valence-corrected chi connectivity index (χ4v) is 11.4. The van der Waals surface area contributed by atoms with Crippen molar-refractivity contribution in [2.45, 2.75) is 82.5 Å². The van der Waals surface area contributed by atoms with E-state index in [2.05, 4.69) is 44.4 Å². The van der Waals surface area contributed by atoms with Crippen LogP contribution in [-0.4, -0.2) is 97.0 Å². The van der Waals surface area contributed by atoms with Crippen molar-refractivity contribution >= 4 is 39.0 Å². The first-order chi connectivity index (χ1) is 29.5. The van der Waals surface area contributed by atoms with Gasteiger partial charge in [-0.1, -0.05) is 29.8 Å². The van der Waals surface area contributed by atoms with E-state index in [1.54, 1.807) is 36.1 Å². The molecule has 0 radical (unpaired) electrons. The smallest absolute Gasteiger partial charge is 0.286 e. The van der Waals surface area contributed by atoms with Crippen molar-refractivity contribution in [2.24, 2.45) is 22.1 Å². The number of allylic oxidation sites excluding steroid dienone is 1. The molecule has 1 saturated carbocycles. The lowest BCUT2D eigenvalue weighted by Gasteiger charge is -2.46. The molecule has 13 nitrogen and oxygen atoms in total. The second-order valence-electron chi connectivity index (χ2n) is 16.8. The molecule has 2 aromatic carbocycles. The summed E-state index contributed by atoms with van der Waals surface area (Å²) >= 11 is 6.49. The van der Waals surface area contributed by atoms with Gasteiger partial charge in [0.15, 0.2) is 0 Å². The summed E-state index contributed by atoms with van der Waals surface area (Å²) < 4.78 is 53.4. The maximum atomic E-state index is 14.9. The number of carbonyl (C=O) groups excluding carboxylic acids is 2. The number of anilines is 1. The lowest BCUT2D eigenvalue weighted by Crippen LogP contribution is -2.49. The molecule has 2 fully saturated rings. The number of hydrogen-bond donors (Lipinski definition) is 1. The van der Waals surface area contributed by atoms with Crippen LogP contribution in [0.15, 0.2) is 78.3 Å². The second-order valence-corrected chi connectivity index (χ2v) is 19.2. The number of aromatic nitrogens is 2. The zero-order valence-corrected chi connectivity index (χ0v) is 37.0. The number of rotatable bonds is 18. The minimum absolute atomic E-state index is 0.0610. The normalized spacial score (nSPS) is 23.2. The second kappa shape index (κ2) is 20.3. The maximum Gasteiger partial charge on any atom is 0.286 e. The molecular formula is C46H60ClN5O8S. The molecule has 6 atom stereocenters. The zero-order chi connectivity index (χ0) is 43.0. The van der Waals surface area contributed by atoms with Crippen molar-refractivity contribution in [2.75, 3.05) is 63.9 Å². The summed E-state index contributed by atoms with van der Waals surface area (Å²) in [5.74, 6) is -0.235. The summed E-state index contributed by atoms with van der Waals surface area (Å²) in [6.45, 7) is 13.3. The van der Waals surface area contributed by atoms with Crippen molar-refractivity contribution in [3.63, 3.8) is 0 Å². The van der Waals surface area contributed by atoms with Crippen LogP contribution in [0.25, 0.3) is 0 Å². The van der Waals surface area contributed by atoms with Gasteiger partial charge in [0.1, 0.15) is 22.3 Å². The third-order valence-electron chi connectivity index (χ3n) is 12.6. The summed E-state index contributed by atoms with van der Waals surface area (Å²) in [4.78, 5) is 30.2. The molecule has 1 saturated heterocycles. The summed E-state index contributed by atoms with van der Waals surface area (Å²) in [7, 11) is -1.99. The number of halogens is 1. The summed E-state index contributed by atoms with van der Waals surface area (Å²) in [6.07, 6.45) is 11.8. The summed E-state index contributed by atoms with van der Waals surface area (Å²) in [5.41, 5.74) is 3.16. The molecule has 1 aromatic heterocycles. The van der Waals surface area contributed by atoms with Crippen LogP contribution in [-0.2, 0) is 47.3 Å². The van der Waals surface area contributed by atoms with Crippen molar-refractivity contribution in [3.8, 4) is 11.6 Å². The monoisotopic (exact) mass is 877 g/mol. The van der Waals surface area contributed by atoms with E-state index in [0.29, 0.717) is 82.2 Å². The van der Waals surface area contributed by atoms with E-state index in [0.717, 1.165) is 42.8 Å². The topological polar surface area (TPSA) is 143 Å². The first-order valence-corrected chi connectivity index (χ1v) is 23.6. The van der Waals surface area contributed by atoms with Gasteiger partial charge in [-0.25, -0.2) is 4.21 Å². The van der Waals surface area contributed by atoms with Gasteiger partial charge in [0.05, 0.1) is 36.9 Å².